The minimum Gasteiger partial charge on any atom is -0.367 e. The fourth-order valence-corrected chi connectivity index (χ4v) is 4.93. The highest BCUT2D eigenvalue weighted by Gasteiger charge is 2.25. The minimum atomic E-state index is -1.16. The molecule has 0 saturated carbocycles. The fraction of sp³-hybridized carbons (Fsp3) is 0.500. The van der Waals surface area contributed by atoms with E-state index in [0.717, 1.165) is 66.9 Å². The van der Waals surface area contributed by atoms with Crippen molar-refractivity contribution in [3.8, 4) is 11.3 Å². The maximum atomic E-state index is 12.9. The molecule has 2 aromatic heterocycles. The molecular weight excluding hydrogens is 404 g/mol. The third kappa shape index (κ3) is 4.77. The maximum absolute atomic E-state index is 12.9. The van der Waals surface area contributed by atoms with E-state index in [4.69, 9.17) is 9.84 Å². The van der Waals surface area contributed by atoms with Gasteiger partial charge >= 0.3 is 0 Å². The van der Waals surface area contributed by atoms with Crippen molar-refractivity contribution in [3.63, 3.8) is 0 Å². The fourth-order valence-electron chi connectivity index (χ4n) is 4.18. The van der Waals surface area contributed by atoms with Crippen LogP contribution < -0.4 is 10.5 Å². The van der Waals surface area contributed by atoms with Crippen molar-refractivity contribution in [2.24, 2.45) is 0 Å². The van der Waals surface area contributed by atoms with E-state index >= 15 is 0 Å². The number of ether oxygens (including phenoxy) is 1. The Bertz CT molecular complexity index is 1090. The number of anilines is 1. The highest BCUT2D eigenvalue weighted by atomic mass is 28.3. The van der Waals surface area contributed by atoms with Gasteiger partial charge in [-0.1, -0.05) is 50.0 Å². The quantitative estimate of drug-likeness (QED) is 0.394. The van der Waals surface area contributed by atoms with Gasteiger partial charge in [-0.15, -0.1) is 0 Å². The molecule has 31 heavy (non-hydrogen) atoms. The molecule has 4 rings (SSSR count). The van der Waals surface area contributed by atoms with Crippen LogP contribution in [0.1, 0.15) is 25.0 Å². The van der Waals surface area contributed by atoms with Gasteiger partial charge in [0.25, 0.3) is 5.56 Å². The zero-order valence-electron chi connectivity index (χ0n) is 19.2. The van der Waals surface area contributed by atoms with Crippen LogP contribution in [0, 0.1) is 6.92 Å². The molecule has 0 aliphatic carbocycles. The molecule has 1 aromatic carbocycles. The first-order chi connectivity index (χ1) is 14.8. The van der Waals surface area contributed by atoms with Crippen molar-refractivity contribution >= 4 is 19.4 Å². The molecule has 1 fully saturated rings. The normalized spacial score (nSPS) is 15.0. The van der Waals surface area contributed by atoms with Gasteiger partial charge in [-0.3, -0.25) is 4.79 Å². The Morgan fingerprint density at radius 1 is 1.06 bits per heavy atom. The van der Waals surface area contributed by atoms with Gasteiger partial charge in [-0.05, 0) is 32.2 Å². The van der Waals surface area contributed by atoms with E-state index in [0.29, 0.717) is 6.73 Å². The summed E-state index contributed by atoms with van der Waals surface area (Å²) >= 11 is 0. The van der Waals surface area contributed by atoms with Crippen molar-refractivity contribution in [2.75, 3.05) is 24.6 Å². The molecule has 0 amide bonds. The van der Waals surface area contributed by atoms with Gasteiger partial charge in [-0.25, -0.2) is 0 Å². The van der Waals surface area contributed by atoms with Gasteiger partial charge in [0.2, 0.25) is 0 Å². The number of aryl methyl sites for hydroxylation is 1. The summed E-state index contributed by atoms with van der Waals surface area (Å²) in [6.07, 6.45) is 3.57. The number of aromatic nitrogens is 3. The molecule has 0 radical (unpaired) electrons. The molecule has 166 valence electrons. The highest BCUT2D eigenvalue weighted by molar-refractivity contribution is 6.76. The predicted octanol–water partition coefficient (Wildman–Crippen LogP) is 4.77. The lowest BCUT2D eigenvalue weighted by Gasteiger charge is -2.29. The molecule has 0 atom stereocenters. The molecule has 0 unspecified atom stereocenters. The predicted molar refractivity (Wildman–Crippen MR) is 130 cm³/mol. The first kappa shape index (κ1) is 21.8. The van der Waals surface area contributed by atoms with E-state index in [1.54, 1.807) is 10.6 Å². The maximum Gasteiger partial charge on any atom is 0.274 e. The Hall–Kier alpha value is -2.38. The lowest BCUT2D eigenvalue weighted by Crippen LogP contribution is -2.31. The van der Waals surface area contributed by atoms with Gasteiger partial charge in [-0.2, -0.15) is 9.61 Å². The van der Waals surface area contributed by atoms with Crippen LogP contribution in [0.4, 0.5) is 5.69 Å². The summed E-state index contributed by atoms with van der Waals surface area (Å²) in [5, 5.41) is 4.82. The van der Waals surface area contributed by atoms with Crippen molar-refractivity contribution in [3.05, 3.63) is 52.4 Å². The summed E-state index contributed by atoms with van der Waals surface area (Å²) in [7, 11) is -1.16. The highest BCUT2D eigenvalue weighted by Crippen LogP contribution is 2.35. The number of hydrogen-bond donors (Lipinski definition) is 0. The first-order valence-electron chi connectivity index (χ1n) is 11.4. The van der Waals surface area contributed by atoms with Gasteiger partial charge < -0.3 is 14.2 Å². The SMILES string of the molecule is Cc1cc(=O)n2nc(-c3ccccc3)c(N3CCCCC3)c2n1COCC[Si](C)(C)C. The molecule has 1 aliphatic heterocycles. The number of benzene rings is 1. The van der Waals surface area contributed by atoms with Crippen LogP contribution in [-0.2, 0) is 11.5 Å². The van der Waals surface area contributed by atoms with Crippen molar-refractivity contribution in [2.45, 2.75) is 58.6 Å². The van der Waals surface area contributed by atoms with Crippen molar-refractivity contribution in [1.29, 1.82) is 0 Å². The molecule has 1 saturated heterocycles. The summed E-state index contributed by atoms with van der Waals surface area (Å²) in [6, 6.07) is 13.0. The van der Waals surface area contributed by atoms with E-state index in [1.165, 1.54) is 6.42 Å². The average molecular weight is 439 g/mol. The van der Waals surface area contributed by atoms with Crippen LogP contribution in [0.25, 0.3) is 16.9 Å². The topological polar surface area (TPSA) is 51.8 Å². The van der Waals surface area contributed by atoms with Crippen molar-refractivity contribution < 1.29 is 4.74 Å². The molecule has 0 N–H and O–H groups in total. The van der Waals surface area contributed by atoms with E-state index < -0.39 is 8.07 Å². The molecule has 1 aliphatic rings. The summed E-state index contributed by atoms with van der Waals surface area (Å²) in [6.45, 7) is 12.2. The molecule has 0 spiro atoms. The van der Waals surface area contributed by atoms with Gasteiger partial charge in [0, 0.05) is 45.1 Å². The second-order valence-electron chi connectivity index (χ2n) is 9.75. The summed E-state index contributed by atoms with van der Waals surface area (Å²) in [5.74, 6) is 0. The summed E-state index contributed by atoms with van der Waals surface area (Å²) in [5.41, 5.74) is 4.63. The van der Waals surface area contributed by atoms with Crippen LogP contribution in [0.5, 0.6) is 0 Å². The van der Waals surface area contributed by atoms with E-state index in [-0.39, 0.29) is 5.56 Å². The molecule has 3 heterocycles. The second kappa shape index (κ2) is 9.00. The number of fused-ring (bicyclic) bond motifs is 1. The van der Waals surface area contributed by atoms with E-state index in [2.05, 4.69) is 41.2 Å². The third-order valence-electron chi connectivity index (χ3n) is 6.00. The van der Waals surface area contributed by atoms with Gasteiger partial charge in [0.05, 0.1) is 0 Å². The molecule has 3 aromatic rings. The van der Waals surface area contributed by atoms with Gasteiger partial charge in [0.15, 0.2) is 5.65 Å². The smallest absolute Gasteiger partial charge is 0.274 e. The standard InChI is InChI=1S/C24H34N4O2Si/c1-19-17-21(29)28-24(27(19)18-30-15-16-31(2,3)4)23(26-13-9-6-10-14-26)22(25-28)20-11-7-5-8-12-20/h5,7-8,11-12,17H,6,9-10,13-16,18H2,1-4H3. The van der Waals surface area contributed by atoms with E-state index in [9.17, 15) is 4.79 Å². The Balaban J connectivity index is 1.83. The zero-order valence-corrected chi connectivity index (χ0v) is 20.2. The monoisotopic (exact) mass is 438 g/mol. The molecular formula is C24H34N4O2Si. The minimum absolute atomic E-state index is 0.0914. The molecule has 6 nitrogen and oxygen atoms in total. The largest absolute Gasteiger partial charge is 0.367 e. The van der Waals surface area contributed by atoms with Crippen LogP contribution in [0.15, 0.2) is 41.2 Å². The number of rotatable bonds is 7. The Labute approximate surface area is 185 Å². The Morgan fingerprint density at radius 3 is 2.45 bits per heavy atom. The summed E-state index contributed by atoms with van der Waals surface area (Å²) in [4.78, 5) is 15.3. The molecule has 0 bridgehead atoms. The second-order valence-corrected chi connectivity index (χ2v) is 15.4. The number of piperidine rings is 1. The number of hydrogen-bond acceptors (Lipinski definition) is 4. The first-order valence-corrected chi connectivity index (χ1v) is 15.1. The lowest BCUT2D eigenvalue weighted by atomic mass is 10.1. The van der Waals surface area contributed by atoms with Crippen LogP contribution in [0.2, 0.25) is 25.7 Å². The average Bonchev–Trinajstić information content (AvgIpc) is 3.14. The van der Waals surface area contributed by atoms with Crippen molar-refractivity contribution in [1.82, 2.24) is 14.2 Å². The third-order valence-corrected chi connectivity index (χ3v) is 7.70. The summed E-state index contributed by atoms with van der Waals surface area (Å²) < 4.78 is 9.81. The van der Waals surface area contributed by atoms with E-state index in [1.807, 2.05) is 25.1 Å². The lowest BCUT2D eigenvalue weighted by molar-refractivity contribution is 0.0877. The van der Waals surface area contributed by atoms with Gasteiger partial charge in [0.1, 0.15) is 18.1 Å². The van der Waals surface area contributed by atoms with Crippen LogP contribution in [0.3, 0.4) is 0 Å². The zero-order chi connectivity index (χ0) is 22.0. The van der Waals surface area contributed by atoms with Crippen LogP contribution >= 0.6 is 0 Å². The Morgan fingerprint density at radius 2 is 1.77 bits per heavy atom. The van der Waals surface area contributed by atoms with Crippen LogP contribution in [-0.4, -0.2) is 42.0 Å². The Kier molecular flexibility index (Phi) is 6.34. The number of nitrogens with zero attached hydrogens (tertiary/aromatic N) is 4. The molecule has 7 heteroatoms.